The lowest BCUT2D eigenvalue weighted by atomic mass is 10.3. The monoisotopic (exact) mass is 252 g/mol. The minimum Gasteiger partial charge on any atom is -0.480 e. The van der Waals surface area contributed by atoms with E-state index in [0.717, 1.165) is 10.5 Å². The molecule has 7 heteroatoms. The van der Waals surface area contributed by atoms with Crippen molar-refractivity contribution in [1.29, 1.82) is 0 Å². The van der Waals surface area contributed by atoms with Crippen LogP contribution in [0.1, 0.15) is 5.56 Å². The van der Waals surface area contributed by atoms with Crippen molar-refractivity contribution in [2.45, 2.75) is 6.54 Å². The number of nitrogens with one attached hydrogen (secondary N) is 1. The molecule has 0 aromatic carbocycles. The molecule has 0 saturated heterocycles. The van der Waals surface area contributed by atoms with Crippen molar-refractivity contribution in [2.24, 2.45) is 7.05 Å². The van der Waals surface area contributed by atoms with Gasteiger partial charge in [-0.2, -0.15) is 5.10 Å². The standard InChI is InChI=1S/C11H16N4O3/c1-3-4-15(8-10(16)17)11(18)12-5-9-6-13-14(2)7-9/h3,6-7H,1,4-5,8H2,2H3,(H,12,18)(H,16,17). The molecule has 0 bridgehead atoms. The Morgan fingerprint density at radius 2 is 2.39 bits per heavy atom. The number of aryl methyl sites for hydroxylation is 1. The highest BCUT2D eigenvalue weighted by atomic mass is 16.4. The fourth-order valence-corrected chi connectivity index (χ4v) is 1.39. The van der Waals surface area contributed by atoms with Gasteiger partial charge >= 0.3 is 12.0 Å². The van der Waals surface area contributed by atoms with Crippen molar-refractivity contribution in [3.63, 3.8) is 0 Å². The van der Waals surface area contributed by atoms with E-state index >= 15 is 0 Å². The van der Waals surface area contributed by atoms with Crippen LogP contribution in [-0.2, 0) is 18.4 Å². The summed E-state index contributed by atoms with van der Waals surface area (Å²) in [6.07, 6.45) is 4.89. The van der Waals surface area contributed by atoms with Gasteiger partial charge in [-0.25, -0.2) is 4.79 Å². The summed E-state index contributed by atoms with van der Waals surface area (Å²) in [4.78, 5) is 23.5. The summed E-state index contributed by atoms with van der Waals surface area (Å²) in [6.45, 7) is 3.62. The van der Waals surface area contributed by atoms with Gasteiger partial charge in [-0.1, -0.05) is 6.08 Å². The number of amides is 2. The molecule has 0 aliphatic heterocycles. The Morgan fingerprint density at radius 1 is 1.67 bits per heavy atom. The summed E-state index contributed by atoms with van der Waals surface area (Å²) in [5.41, 5.74) is 0.847. The van der Waals surface area contributed by atoms with E-state index in [9.17, 15) is 9.59 Å². The summed E-state index contributed by atoms with van der Waals surface area (Å²) in [6, 6.07) is -0.443. The van der Waals surface area contributed by atoms with Gasteiger partial charge in [-0.3, -0.25) is 9.48 Å². The second-order valence-corrected chi connectivity index (χ2v) is 3.74. The van der Waals surface area contributed by atoms with Gasteiger partial charge in [-0.05, 0) is 0 Å². The van der Waals surface area contributed by atoms with Gasteiger partial charge in [-0.15, -0.1) is 6.58 Å². The van der Waals surface area contributed by atoms with Crippen LogP contribution in [0.25, 0.3) is 0 Å². The quantitative estimate of drug-likeness (QED) is 0.708. The average Bonchev–Trinajstić information content (AvgIpc) is 2.71. The summed E-state index contributed by atoms with van der Waals surface area (Å²) in [5, 5.41) is 15.3. The Morgan fingerprint density at radius 3 is 2.89 bits per heavy atom. The van der Waals surface area contributed by atoms with Gasteiger partial charge in [0.1, 0.15) is 6.54 Å². The predicted octanol–water partition coefficient (Wildman–Crippen LogP) is 0.202. The van der Waals surface area contributed by atoms with E-state index in [0.29, 0.717) is 6.54 Å². The maximum absolute atomic E-state index is 11.7. The van der Waals surface area contributed by atoms with Crippen molar-refractivity contribution >= 4 is 12.0 Å². The zero-order valence-corrected chi connectivity index (χ0v) is 10.2. The normalized spacial score (nSPS) is 9.83. The van der Waals surface area contributed by atoms with Crippen molar-refractivity contribution < 1.29 is 14.7 Å². The number of carboxylic acid groups (broad SMARTS) is 1. The lowest BCUT2D eigenvalue weighted by molar-refractivity contribution is -0.137. The molecule has 2 amide bonds. The molecule has 1 rings (SSSR count). The Balaban J connectivity index is 2.50. The minimum absolute atomic E-state index is 0.186. The Kier molecular flexibility index (Phi) is 4.91. The van der Waals surface area contributed by atoms with E-state index in [4.69, 9.17) is 5.11 Å². The molecule has 2 N–H and O–H groups in total. The van der Waals surface area contributed by atoms with E-state index in [1.54, 1.807) is 24.1 Å². The maximum atomic E-state index is 11.7. The van der Waals surface area contributed by atoms with Crippen molar-refractivity contribution in [1.82, 2.24) is 20.0 Å². The molecule has 18 heavy (non-hydrogen) atoms. The van der Waals surface area contributed by atoms with E-state index in [2.05, 4.69) is 17.0 Å². The van der Waals surface area contributed by atoms with Gasteiger partial charge < -0.3 is 15.3 Å². The third-order valence-corrected chi connectivity index (χ3v) is 2.16. The molecule has 0 atom stereocenters. The summed E-state index contributed by atoms with van der Waals surface area (Å²) in [5.74, 6) is -1.06. The van der Waals surface area contributed by atoms with Gasteiger partial charge in [0.25, 0.3) is 0 Å². The second-order valence-electron chi connectivity index (χ2n) is 3.74. The van der Waals surface area contributed by atoms with Crippen LogP contribution in [0.5, 0.6) is 0 Å². The van der Waals surface area contributed by atoms with Gasteiger partial charge in [0.2, 0.25) is 0 Å². The number of carbonyl (C=O) groups is 2. The topological polar surface area (TPSA) is 87.5 Å². The molecule has 0 unspecified atom stereocenters. The first-order valence-electron chi connectivity index (χ1n) is 5.36. The fourth-order valence-electron chi connectivity index (χ4n) is 1.39. The molecule has 1 aromatic heterocycles. The molecule has 0 spiro atoms. The highest BCUT2D eigenvalue weighted by molar-refractivity contribution is 5.80. The zero-order chi connectivity index (χ0) is 13.5. The largest absolute Gasteiger partial charge is 0.480 e. The maximum Gasteiger partial charge on any atom is 0.323 e. The number of urea groups is 1. The molecule has 0 aliphatic carbocycles. The molecule has 0 fully saturated rings. The van der Waals surface area contributed by atoms with Crippen LogP contribution >= 0.6 is 0 Å². The molecule has 0 aliphatic rings. The Labute approximate surface area is 105 Å². The number of hydrogen-bond acceptors (Lipinski definition) is 3. The fraction of sp³-hybridized carbons (Fsp3) is 0.364. The van der Waals surface area contributed by atoms with Crippen LogP contribution in [0.15, 0.2) is 25.0 Å². The highest BCUT2D eigenvalue weighted by Crippen LogP contribution is 1.97. The number of carboxylic acids is 1. The lowest BCUT2D eigenvalue weighted by Gasteiger charge is -2.19. The predicted molar refractivity (Wildman–Crippen MR) is 64.8 cm³/mol. The summed E-state index contributed by atoms with van der Waals surface area (Å²) < 4.78 is 1.63. The van der Waals surface area contributed by atoms with Crippen LogP contribution in [0.2, 0.25) is 0 Å². The number of carbonyl (C=O) groups excluding carboxylic acids is 1. The lowest BCUT2D eigenvalue weighted by Crippen LogP contribution is -2.42. The third-order valence-electron chi connectivity index (χ3n) is 2.16. The van der Waals surface area contributed by atoms with E-state index < -0.39 is 12.0 Å². The zero-order valence-electron chi connectivity index (χ0n) is 10.2. The van der Waals surface area contributed by atoms with Crippen LogP contribution < -0.4 is 5.32 Å². The van der Waals surface area contributed by atoms with Crippen molar-refractivity contribution in [2.75, 3.05) is 13.1 Å². The van der Waals surface area contributed by atoms with Gasteiger partial charge in [0.05, 0.1) is 6.20 Å². The minimum atomic E-state index is -1.06. The first-order chi connectivity index (χ1) is 8.52. The first-order valence-corrected chi connectivity index (χ1v) is 5.36. The van der Waals surface area contributed by atoms with Crippen LogP contribution in [0, 0.1) is 0 Å². The smallest absolute Gasteiger partial charge is 0.323 e. The third kappa shape index (κ3) is 4.28. The molecule has 0 saturated carbocycles. The summed E-state index contributed by atoms with van der Waals surface area (Å²) >= 11 is 0. The van der Waals surface area contributed by atoms with Crippen molar-refractivity contribution in [3.05, 3.63) is 30.6 Å². The first kappa shape index (κ1) is 13.8. The highest BCUT2D eigenvalue weighted by Gasteiger charge is 2.14. The second kappa shape index (κ2) is 6.43. The van der Waals surface area contributed by atoms with Crippen LogP contribution in [-0.4, -0.2) is 44.9 Å². The van der Waals surface area contributed by atoms with Crippen LogP contribution in [0.4, 0.5) is 4.79 Å². The molecular weight excluding hydrogens is 236 g/mol. The molecule has 1 heterocycles. The number of hydrogen-bond donors (Lipinski definition) is 2. The number of aromatic nitrogens is 2. The van der Waals surface area contributed by atoms with Crippen molar-refractivity contribution in [3.8, 4) is 0 Å². The molecule has 1 aromatic rings. The average molecular weight is 252 g/mol. The Hall–Kier alpha value is -2.31. The molecule has 0 radical (unpaired) electrons. The number of aliphatic carboxylic acids is 1. The summed E-state index contributed by atoms with van der Waals surface area (Å²) in [7, 11) is 1.78. The van der Waals surface area contributed by atoms with E-state index in [-0.39, 0.29) is 13.1 Å². The van der Waals surface area contributed by atoms with Gasteiger partial charge in [0, 0.05) is 31.9 Å². The number of rotatable bonds is 6. The number of nitrogens with zero attached hydrogens (tertiary/aromatic N) is 3. The molecule has 7 nitrogen and oxygen atoms in total. The Bertz CT molecular complexity index is 441. The van der Waals surface area contributed by atoms with Crippen LogP contribution in [0.3, 0.4) is 0 Å². The van der Waals surface area contributed by atoms with E-state index in [1.807, 2.05) is 0 Å². The molecule has 98 valence electrons. The molecular formula is C11H16N4O3. The van der Waals surface area contributed by atoms with E-state index in [1.165, 1.54) is 6.08 Å². The van der Waals surface area contributed by atoms with Gasteiger partial charge in [0.15, 0.2) is 0 Å². The SMILES string of the molecule is C=CCN(CC(=O)O)C(=O)NCc1cnn(C)c1.